The second-order valence-electron chi connectivity index (χ2n) is 4.51. The molecule has 0 heterocycles. The van der Waals surface area contributed by atoms with Crippen LogP contribution < -0.4 is 5.32 Å². The van der Waals surface area contributed by atoms with Gasteiger partial charge in [-0.2, -0.15) is 0 Å². The van der Waals surface area contributed by atoms with E-state index in [1.807, 2.05) is 0 Å². The van der Waals surface area contributed by atoms with Gasteiger partial charge in [0.25, 0.3) is 0 Å². The largest absolute Gasteiger partial charge is 0.389 e. The zero-order valence-corrected chi connectivity index (χ0v) is 11.4. The van der Waals surface area contributed by atoms with Crippen LogP contribution >= 0.6 is 0 Å². The van der Waals surface area contributed by atoms with Crippen molar-refractivity contribution in [1.29, 1.82) is 0 Å². The molecule has 0 aliphatic heterocycles. The highest BCUT2D eigenvalue weighted by Gasteiger charge is 2.20. The van der Waals surface area contributed by atoms with E-state index in [9.17, 15) is 13.5 Å². The molecule has 0 radical (unpaired) electrons. The molecule has 0 aliphatic rings. The van der Waals surface area contributed by atoms with Crippen LogP contribution in [0.4, 0.5) is 0 Å². The molecule has 2 N–H and O–H groups in total. The van der Waals surface area contributed by atoms with E-state index >= 15 is 0 Å². The zero-order valence-electron chi connectivity index (χ0n) is 10.6. The van der Waals surface area contributed by atoms with Gasteiger partial charge in [0.15, 0.2) is 0 Å². The molecule has 5 heteroatoms. The van der Waals surface area contributed by atoms with Gasteiger partial charge in [0, 0.05) is 12.3 Å². The maximum Gasteiger partial charge on any atom is 0.150 e. The van der Waals surface area contributed by atoms with Crippen molar-refractivity contribution >= 4 is 9.84 Å². The Morgan fingerprint density at radius 2 is 1.94 bits per heavy atom. The lowest BCUT2D eigenvalue weighted by atomic mass is 10.0. The van der Waals surface area contributed by atoms with Crippen molar-refractivity contribution in [2.24, 2.45) is 0 Å². The van der Waals surface area contributed by atoms with E-state index in [2.05, 4.69) is 12.2 Å². The van der Waals surface area contributed by atoms with E-state index in [4.69, 9.17) is 0 Å². The first kappa shape index (κ1) is 15.9. The standard InChI is InChI=1S/C11H25NO3S/c1-4-8-12-10-11(3,13)7-6-9-16(14,15)5-2/h12-13H,4-10H2,1-3H3. The second-order valence-corrected chi connectivity index (χ2v) is 6.99. The molecule has 98 valence electrons. The van der Waals surface area contributed by atoms with E-state index in [-0.39, 0.29) is 11.5 Å². The first-order valence-electron chi connectivity index (χ1n) is 5.96. The smallest absolute Gasteiger partial charge is 0.150 e. The van der Waals surface area contributed by atoms with Crippen molar-refractivity contribution in [3.8, 4) is 0 Å². The fraction of sp³-hybridized carbons (Fsp3) is 1.00. The second kappa shape index (κ2) is 7.25. The molecule has 0 aliphatic carbocycles. The molecule has 0 aromatic carbocycles. The van der Waals surface area contributed by atoms with E-state index in [1.165, 1.54) is 0 Å². The predicted molar refractivity (Wildman–Crippen MR) is 67.3 cm³/mol. The lowest BCUT2D eigenvalue weighted by Gasteiger charge is -2.23. The van der Waals surface area contributed by atoms with Crippen LogP contribution in [0.2, 0.25) is 0 Å². The van der Waals surface area contributed by atoms with Crippen LogP contribution in [0.5, 0.6) is 0 Å². The molecule has 0 fully saturated rings. The molecular weight excluding hydrogens is 226 g/mol. The van der Waals surface area contributed by atoms with Crippen LogP contribution in [-0.2, 0) is 9.84 Å². The molecule has 0 spiro atoms. The molecule has 16 heavy (non-hydrogen) atoms. The van der Waals surface area contributed by atoms with Crippen LogP contribution in [0, 0.1) is 0 Å². The highest BCUT2D eigenvalue weighted by Crippen LogP contribution is 2.12. The third kappa shape index (κ3) is 8.07. The topological polar surface area (TPSA) is 66.4 Å². The summed E-state index contributed by atoms with van der Waals surface area (Å²) >= 11 is 0. The summed E-state index contributed by atoms with van der Waals surface area (Å²) in [6.45, 7) is 6.86. The van der Waals surface area contributed by atoms with Crippen molar-refractivity contribution in [2.45, 2.75) is 45.6 Å². The van der Waals surface area contributed by atoms with Gasteiger partial charge in [0.1, 0.15) is 9.84 Å². The van der Waals surface area contributed by atoms with Gasteiger partial charge >= 0.3 is 0 Å². The first-order chi connectivity index (χ1) is 7.33. The third-order valence-corrected chi connectivity index (χ3v) is 4.33. The fourth-order valence-corrected chi connectivity index (χ4v) is 2.31. The van der Waals surface area contributed by atoms with Crippen LogP contribution in [-0.4, -0.2) is 43.7 Å². The van der Waals surface area contributed by atoms with Crippen molar-refractivity contribution in [3.63, 3.8) is 0 Å². The number of hydrogen-bond acceptors (Lipinski definition) is 4. The molecule has 0 amide bonds. The monoisotopic (exact) mass is 251 g/mol. The van der Waals surface area contributed by atoms with Gasteiger partial charge in [-0.05, 0) is 32.7 Å². The van der Waals surface area contributed by atoms with Crippen molar-refractivity contribution in [2.75, 3.05) is 24.6 Å². The summed E-state index contributed by atoms with van der Waals surface area (Å²) in [5.74, 6) is 0.358. The summed E-state index contributed by atoms with van der Waals surface area (Å²) in [5.41, 5.74) is -0.807. The Hall–Kier alpha value is -0.130. The number of hydrogen-bond donors (Lipinski definition) is 2. The highest BCUT2D eigenvalue weighted by molar-refractivity contribution is 7.91. The summed E-state index contributed by atoms with van der Waals surface area (Å²) in [4.78, 5) is 0. The molecule has 1 unspecified atom stereocenters. The Morgan fingerprint density at radius 1 is 1.31 bits per heavy atom. The van der Waals surface area contributed by atoms with Gasteiger partial charge < -0.3 is 10.4 Å². The summed E-state index contributed by atoms with van der Waals surface area (Å²) < 4.78 is 22.5. The van der Waals surface area contributed by atoms with Gasteiger partial charge in [0.05, 0.1) is 11.4 Å². The van der Waals surface area contributed by atoms with E-state index in [1.54, 1.807) is 13.8 Å². The Kier molecular flexibility index (Phi) is 7.19. The lowest BCUT2D eigenvalue weighted by Crippen LogP contribution is -2.38. The minimum absolute atomic E-state index is 0.174. The predicted octanol–water partition coefficient (Wildman–Crippen LogP) is 0.952. The van der Waals surface area contributed by atoms with Crippen LogP contribution in [0.3, 0.4) is 0 Å². The normalized spacial score (nSPS) is 16.0. The van der Waals surface area contributed by atoms with Crippen molar-refractivity contribution in [3.05, 3.63) is 0 Å². The van der Waals surface area contributed by atoms with Crippen molar-refractivity contribution in [1.82, 2.24) is 5.32 Å². The van der Waals surface area contributed by atoms with Gasteiger partial charge in [-0.25, -0.2) is 8.42 Å². The van der Waals surface area contributed by atoms with Crippen molar-refractivity contribution < 1.29 is 13.5 Å². The summed E-state index contributed by atoms with van der Waals surface area (Å²) in [7, 11) is -2.90. The van der Waals surface area contributed by atoms with Gasteiger partial charge in [-0.3, -0.25) is 0 Å². The van der Waals surface area contributed by atoms with Crippen LogP contribution in [0.25, 0.3) is 0 Å². The Balaban J connectivity index is 3.82. The molecule has 0 bridgehead atoms. The Labute approximate surface area is 99.4 Å². The Morgan fingerprint density at radius 3 is 2.44 bits per heavy atom. The molecule has 0 saturated heterocycles. The zero-order chi connectivity index (χ0) is 12.7. The molecule has 4 nitrogen and oxygen atoms in total. The average Bonchev–Trinajstić information content (AvgIpc) is 2.17. The van der Waals surface area contributed by atoms with E-state index in [0.717, 1.165) is 13.0 Å². The fourth-order valence-electron chi connectivity index (χ4n) is 1.44. The molecule has 0 aromatic rings. The lowest BCUT2D eigenvalue weighted by molar-refractivity contribution is 0.0505. The molecule has 0 saturated carbocycles. The number of aliphatic hydroxyl groups is 1. The molecule has 1 atom stereocenters. The van der Waals surface area contributed by atoms with Gasteiger partial charge in [-0.1, -0.05) is 13.8 Å². The summed E-state index contributed by atoms with van der Waals surface area (Å²) in [6.07, 6.45) is 2.07. The Bertz CT molecular complexity index is 273. The van der Waals surface area contributed by atoms with Crippen LogP contribution in [0.1, 0.15) is 40.0 Å². The van der Waals surface area contributed by atoms with Gasteiger partial charge in [-0.15, -0.1) is 0 Å². The molecule has 0 rings (SSSR count). The molecule has 0 aromatic heterocycles. The quantitative estimate of drug-likeness (QED) is 0.599. The number of nitrogens with one attached hydrogen (secondary N) is 1. The summed E-state index contributed by atoms with van der Waals surface area (Å²) in [6, 6.07) is 0. The SMILES string of the molecule is CCCNCC(C)(O)CCCS(=O)(=O)CC. The third-order valence-electron chi connectivity index (χ3n) is 2.54. The van der Waals surface area contributed by atoms with E-state index < -0.39 is 15.4 Å². The maximum absolute atomic E-state index is 11.2. The minimum Gasteiger partial charge on any atom is -0.389 e. The van der Waals surface area contributed by atoms with Crippen LogP contribution in [0.15, 0.2) is 0 Å². The first-order valence-corrected chi connectivity index (χ1v) is 7.78. The minimum atomic E-state index is -2.90. The number of rotatable bonds is 9. The van der Waals surface area contributed by atoms with E-state index in [0.29, 0.717) is 19.4 Å². The van der Waals surface area contributed by atoms with Gasteiger partial charge in [0.2, 0.25) is 0 Å². The average molecular weight is 251 g/mol. The summed E-state index contributed by atoms with van der Waals surface area (Å²) in [5, 5.41) is 13.1. The number of sulfone groups is 1. The highest BCUT2D eigenvalue weighted by atomic mass is 32.2. The molecular formula is C11H25NO3S. The maximum atomic E-state index is 11.2.